The highest BCUT2D eigenvalue weighted by atomic mass is 16.5. The summed E-state index contributed by atoms with van der Waals surface area (Å²) in [5, 5.41) is 41.4. The minimum Gasteiger partial charge on any atom is -0.508 e. The molecule has 1 amide bonds. The average Bonchev–Trinajstić information content (AvgIpc) is 2.60. The lowest BCUT2D eigenvalue weighted by molar-refractivity contribution is 0.0123. The van der Waals surface area contributed by atoms with Gasteiger partial charge in [0.2, 0.25) is 0 Å². The van der Waals surface area contributed by atoms with Gasteiger partial charge < -0.3 is 30.5 Å². The fourth-order valence-electron chi connectivity index (χ4n) is 2.24. The fourth-order valence-corrected chi connectivity index (χ4v) is 2.24. The van der Waals surface area contributed by atoms with Crippen LogP contribution in [0.1, 0.15) is 23.7 Å². The zero-order valence-corrected chi connectivity index (χ0v) is 13.5. The van der Waals surface area contributed by atoms with Gasteiger partial charge in [-0.05, 0) is 24.1 Å². The van der Waals surface area contributed by atoms with Crippen molar-refractivity contribution < 1.29 is 30.0 Å². The summed E-state index contributed by atoms with van der Waals surface area (Å²) in [6.07, 6.45) is -3.12. The predicted molar refractivity (Wildman–Crippen MR) is 90.0 cm³/mol. The lowest BCUT2D eigenvalue weighted by Gasteiger charge is -2.19. The van der Waals surface area contributed by atoms with E-state index in [1.165, 1.54) is 12.1 Å². The highest BCUT2D eigenvalue weighted by molar-refractivity contribution is 5.67. The van der Waals surface area contributed by atoms with E-state index in [0.717, 1.165) is 11.6 Å². The number of aliphatic hydroxyl groups is 2. The molecule has 25 heavy (non-hydrogen) atoms. The molecule has 0 aliphatic heterocycles. The molecule has 2 atom stereocenters. The van der Waals surface area contributed by atoms with Gasteiger partial charge in [0.15, 0.2) is 0 Å². The monoisotopic (exact) mass is 347 g/mol. The number of amides is 1. The van der Waals surface area contributed by atoms with Crippen molar-refractivity contribution in [3.8, 4) is 11.5 Å². The first-order valence-corrected chi connectivity index (χ1v) is 7.80. The zero-order chi connectivity index (χ0) is 18.2. The first-order valence-electron chi connectivity index (χ1n) is 7.80. The first-order chi connectivity index (χ1) is 12.0. The van der Waals surface area contributed by atoms with Crippen LogP contribution in [0.4, 0.5) is 4.79 Å². The number of carbonyl (C=O) groups excluding carboxylic acids is 1. The van der Waals surface area contributed by atoms with Gasteiger partial charge in [0.25, 0.3) is 0 Å². The Balaban J connectivity index is 1.74. The molecule has 5 N–H and O–H groups in total. The number of nitrogens with one attached hydrogen (secondary N) is 1. The molecule has 0 aromatic heterocycles. The molecule has 2 rings (SSSR count). The third kappa shape index (κ3) is 5.66. The van der Waals surface area contributed by atoms with Crippen molar-refractivity contribution in [3.05, 3.63) is 59.7 Å². The molecular formula is C18H21NO6. The summed E-state index contributed by atoms with van der Waals surface area (Å²) >= 11 is 0. The van der Waals surface area contributed by atoms with E-state index in [4.69, 9.17) is 4.74 Å². The molecule has 0 aliphatic carbocycles. The van der Waals surface area contributed by atoms with Gasteiger partial charge in [0.1, 0.15) is 24.2 Å². The Bertz CT molecular complexity index is 691. The summed E-state index contributed by atoms with van der Waals surface area (Å²) in [5.41, 5.74) is 0.952. The summed E-state index contributed by atoms with van der Waals surface area (Å²) in [5.74, 6) is -0.465. The van der Waals surface area contributed by atoms with Crippen LogP contribution in [0.15, 0.2) is 48.5 Å². The van der Waals surface area contributed by atoms with Crippen LogP contribution < -0.4 is 5.32 Å². The number of carbonyl (C=O) groups is 1. The van der Waals surface area contributed by atoms with Crippen LogP contribution in [-0.2, 0) is 11.3 Å². The topological polar surface area (TPSA) is 119 Å². The molecule has 7 heteroatoms. The lowest BCUT2D eigenvalue weighted by atomic mass is 10.0. The molecule has 0 saturated carbocycles. The number of alkyl carbamates (subject to hydrolysis) is 1. The zero-order valence-electron chi connectivity index (χ0n) is 13.5. The van der Waals surface area contributed by atoms with Gasteiger partial charge in [-0.3, -0.25) is 0 Å². The summed E-state index contributed by atoms with van der Waals surface area (Å²) < 4.78 is 5.03. The van der Waals surface area contributed by atoms with Gasteiger partial charge in [0.05, 0.1) is 6.10 Å². The molecule has 0 spiro atoms. The van der Waals surface area contributed by atoms with Crippen molar-refractivity contribution in [2.75, 3.05) is 6.54 Å². The summed E-state index contributed by atoms with van der Waals surface area (Å²) in [6.45, 7) is 0.226. The molecule has 2 aromatic rings. The molecule has 134 valence electrons. The quantitative estimate of drug-likeness (QED) is 0.521. The Morgan fingerprint density at radius 2 is 1.80 bits per heavy atom. The number of aromatic hydroxyl groups is 2. The first kappa shape index (κ1) is 18.6. The fraction of sp³-hybridized carbons (Fsp3) is 0.278. The molecule has 2 aromatic carbocycles. The van der Waals surface area contributed by atoms with E-state index in [0.29, 0.717) is 0 Å². The Kier molecular flexibility index (Phi) is 6.62. The number of phenols is 2. The second kappa shape index (κ2) is 8.91. The second-order valence-electron chi connectivity index (χ2n) is 5.53. The van der Waals surface area contributed by atoms with Crippen LogP contribution >= 0.6 is 0 Å². The van der Waals surface area contributed by atoms with Crippen molar-refractivity contribution in [1.82, 2.24) is 5.32 Å². The van der Waals surface area contributed by atoms with Crippen molar-refractivity contribution in [2.24, 2.45) is 0 Å². The molecule has 2 unspecified atom stereocenters. The van der Waals surface area contributed by atoms with Crippen molar-refractivity contribution in [2.45, 2.75) is 25.2 Å². The van der Waals surface area contributed by atoms with Crippen LogP contribution in [0.2, 0.25) is 0 Å². The van der Waals surface area contributed by atoms with Crippen LogP contribution in [0.25, 0.3) is 0 Å². The summed E-state index contributed by atoms with van der Waals surface area (Å²) in [6, 6.07) is 12.9. The SMILES string of the molecule is O=C(NCCC(O)C(O)c1ccc(O)cc1O)OCc1ccccc1. The Labute approximate surface area is 145 Å². The van der Waals surface area contributed by atoms with Crippen LogP contribution in [0.3, 0.4) is 0 Å². The van der Waals surface area contributed by atoms with E-state index >= 15 is 0 Å². The van der Waals surface area contributed by atoms with Crippen molar-refractivity contribution in [1.29, 1.82) is 0 Å². The third-order valence-corrected chi connectivity index (χ3v) is 3.62. The number of ether oxygens (including phenoxy) is 1. The number of hydrogen-bond acceptors (Lipinski definition) is 6. The standard InChI is InChI=1S/C18H21NO6/c20-13-6-7-14(16(22)10-13)17(23)15(21)8-9-19-18(24)25-11-12-4-2-1-3-5-12/h1-7,10,15,17,20-23H,8-9,11H2,(H,19,24). The largest absolute Gasteiger partial charge is 0.508 e. The maximum atomic E-state index is 11.6. The second-order valence-corrected chi connectivity index (χ2v) is 5.53. The molecule has 0 fully saturated rings. The molecule has 0 aliphatic rings. The molecule has 0 radical (unpaired) electrons. The van der Waals surface area contributed by atoms with Gasteiger partial charge in [-0.2, -0.15) is 0 Å². The smallest absolute Gasteiger partial charge is 0.407 e. The lowest BCUT2D eigenvalue weighted by Crippen LogP contribution is -2.29. The van der Waals surface area contributed by atoms with E-state index in [1.54, 1.807) is 0 Å². The van der Waals surface area contributed by atoms with Gasteiger partial charge in [-0.15, -0.1) is 0 Å². The maximum absolute atomic E-state index is 11.6. The number of hydrogen-bond donors (Lipinski definition) is 5. The van der Waals surface area contributed by atoms with Crippen LogP contribution in [0.5, 0.6) is 11.5 Å². The predicted octanol–water partition coefficient (Wildman–Crippen LogP) is 1.81. The Hall–Kier alpha value is -2.77. The number of aliphatic hydroxyl groups excluding tert-OH is 2. The molecular weight excluding hydrogens is 326 g/mol. The van der Waals surface area contributed by atoms with Crippen LogP contribution in [0, 0.1) is 0 Å². The highest BCUT2D eigenvalue weighted by Crippen LogP contribution is 2.30. The molecule has 7 nitrogen and oxygen atoms in total. The van der Waals surface area contributed by atoms with Crippen molar-refractivity contribution >= 4 is 6.09 Å². The minimum atomic E-state index is -1.34. The van der Waals surface area contributed by atoms with E-state index in [1.807, 2.05) is 30.3 Å². The van der Waals surface area contributed by atoms with E-state index in [2.05, 4.69) is 5.32 Å². The number of phenolic OH excluding ortho intramolecular Hbond substituents is 2. The van der Waals surface area contributed by atoms with Crippen LogP contribution in [-0.4, -0.2) is 39.2 Å². The van der Waals surface area contributed by atoms with E-state index in [-0.39, 0.29) is 36.6 Å². The van der Waals surface area contributed by atoms with Crippen molar-refractivity contribution in [3.63, 3.8) is 0 Å². The Morgan fingerprint density at radius 1 is 1.08 bits per heavy atom. The van der Waals surface area contributed by atoms with Gasteiger partial charge in [-0.25, -0.2) is 4.79 Å². The Morgan fingerprint density at radius 3 is 2.48 bits per heavy atom. The summed E-state index contributed by atoms with van der Waals surface area (Å²) in [7, 11) is 0. The average molecular weight is 347 g/mol. The number of rotatable bonds is 7. The van der Waals surface area contributed by atoms with E-state index in [9.17, 15) is 25.2 Å². The molecule has 0 heterocycles. The number of benzene rings is 2. The van der Waals surface area contributed by atoms with Gasteiger partial charge >= 0.3 is 6.09 Å². The minimum absolute atomic E-state index is 0.0575. The highest BCUT2D eigenvalue weighted by Gasteiger charge is 2.21. The molecule has 0 bridgehead atoms. The van der Waals surface area contributed by atoms with Gasteiger partial charge in [0, 0.05) is 18.2 Å². The summed E-state index contributed by atoms with van der Waals surface area (Å²) in [4.78, 5) is 11.6. The molecule has 0 saturated heterocycles. The third-order valence-electron chi connectivity index (χ3n) is 3.62. The normalized spacial score (nSPS) is 13.0. The van der Waals surface area contributed by atoms with Gasteiger partial charge in [-0.1, -0.05) is 30.3 Å². The maximum Gasteiger partial charge on any atom is 0.407 e. The van der Waals surface area contributed by atoms with E-state index < -0.39 is 18.3 Å².